The third-order valence-electron chi connectivity index (χ3n) is 12.3. The van der Waals surface area contributed by atoms with E-state index in [0.717, 1.165) is 75.5 Å². The number of benzene rings is 2. The Morgan fingerprint density at radius 1 is 1.08 bits per heavy atom. The summed E-state index contributed by atoms with van der Waals surface area (Å²) in [5.74, 6) is 0.320. The van der Waals surface area contributed by atoms with Crippen LogP contribution in [0.5, 0.6) is 11.5 Å². The van der Waals surface area contributed by atoms with Gasteiger partial charge in [-0.1, -0.05) is 33.3 Å². The Labute approximate surface area is 366 Å². The Morgan fingerprint density at radius 2 is 1.87 bits per heavy atom. The highest BCUT2D eigenvalue weighted by Gasteiger charge is 2.32. The van der Waals surface area contributed by atoms with Crippen molar-refractivity contribution in [3.05, 3.63) is 104 Å². The Hall–Kier alpha value is -5.29. The standard InChI is InChI=1S/C46H55N7O7S2/c1-30(2)43-37(13-22-61-43)39-26-46(3,4)14-9-33(39)29-51-16-18-52(19-17-51)34-5-7-38(42(24-34)60-35-23-32-10-15-47-44(32)49-28-35)45(54)50-62(57,58)36-6-8-40(41(25-36)53(55)56)48-27-31-11-20-59-21-12-31/h5-8,10,13,15,22-25,28,30-31,48H,9,11-12,14,16-21,26-27,29H2,1-4H3,(H,47,49)(H,50,54). The fourth-order valence-electron chi connectivity index (χ4n) is 8.75. The predicted molar refractivity (Wildman–Crippen MR) is 244 cm³/mol. The van der Waals surface area contributed by atoms with Crippen molar-refractivity contribution in [1.82, 2.24) is 19.6 Å². The number of nitro benzene ring substituents is 1. The van der Waals surface area contributed by atoms with E-state index < -0.39 is 31.4 Å². The minimum Gasteiger partial charge on any atom is -0.455 e. The van der Waals surface area contributed by atoms with Gasteiger partial charge in [-0.05, 0) is 108 Å². The number of nitrogens with one attached hydrogen (secondary N) is 3. The molecular weight excluding hydrogens is 827 g/mol. The normalized spacial score (nSPS) is 17.7. The maximum atomic E-state index is 13.9. The Kier molecular flexibility index (Phi) is 12.7. The summed E-state index contributed by atoms with van der Waals surface area (Å²) in [5.41, 5.74) is 6.01. The van der Waals surface area contributed by atoms with E-state index in [2.05, 4.69) is 68.9 Å². The molecule has 1 amide bonds. The van der Waals surface area contributed by atoms with Crippen LogP contribution in [0.25, 0.3) is 16.6 Å². The van der Waals surface area contributed by atoms with Crippen LogP contribution >= 0.6 is 11.3 Å². The molecule has 0 spiro atoms. The van der Waals surface area contributed by atoms with E-state index in [0.29, 0.717) is 37.1 Å². The number of anilines is 2. The van der Waals surface area contributed by atoms with Crippen LogP contribution in [0.2, 0.25) is 0 Å². The molecule has 5 heterocycles. The number of H-pyrrole nitrogens is 1. The van der Waals surface area contributed by atoms with Crippen LogP contribution in [0, 0.1) is 21.4 Å². The molecule has 62 heavy (non-hydrogen) atoms. The zero-order chi connectivity index (χ0) is 43.6. The summed E-state index contributed by atoms with van der Waals surface area (Å²) >= 11 is 1.86. The number of allylic oxidation sites excluding steroid dienone is 1. The Balaban J connectivity index is 1.01. The van der Waals surface area contributed by atoms with Crippen molar-refractivity contribution in [2.24, 2.45) is 11.3 Å². The first kappa shape index (κ1) is 43.4. The van der Waals surface area contributed by atoms with Gasteiger partial charge in [-0.15, -0.1) is 11.3 Å². The number of pyridine rings is 1. The average molecular weight is 882 g/mol. The van der Waals surface area contributed by atoms with Crippen LogP contribution in [-0.2, 0) is 14.8 Å². The summed E-state index contributed by atoms with van der Waals surface area (Å²) < 4.78 is 41.3. The number of nitrogens with zero attached hydrogens (tertiary/aromatic N) is 4. The number of carbonyl (C=O) groups is 1. The van der Waals surface area contributed by atoms with Crippen molar-refractivity contribution in [1.29, 1.82) is 0 Å². The van der Waals surface area contributed by atoms with Gasteiger partial charge in [0.15, 0.2) is 0 Å². The van der Waals surface area contributed by atoms with Gasteiger partial charge in [0.05, 0.1) is 21.6 Å². The lowest BCUT2D eigenvalue weighted by molar-refractivity contribution is -0.384. The van der Waals surface area contributed by atoms with E-state index in [1.165, 1.54) is 40.8 Å². The first-order valence-electron chi connectivity index (χ1n) is 21.4. The van der Waals surface area contributed by atoms with E-state index in [1.807, 2.05) is 17.4 Å². The number of aromatic amines is 1. The van der Waals surface area contributed by atoms with Crippen LogP contribution in [0.4, 0.5) is 17.1 Å². The summed E-state index contributed by atoms with van der Waals surface area (Å²) in [7, 11) is -4.55. The monoisotopic (exact) mass is 881 g/mol. The van der Waals surface area contributed by atoms with Crippen molar-refractivity contribution in [2.45, 2.75) is 70.6 Å². The molecule has 3 N–H and O–H groups in total. The third-order valence-corrected chi connectivity index (χ3v) is 14.9. The molecule has 0 bridgehead atoms. The third kappa shape index (κ3) is 9.83. The predicted octanol–water partition coefficient (Wildman–Crippen LogP) is 9.19. The van der Waals surface area contributed by atoms with Gasteiger partial charge >= 0.3 is 0 Å². The van der Waals surface area contributed by atoms with Gasteiger partial charge in [0, 0.05) is 86.8 Å². The Bertz CT molecular complexity index is 2590. The van der Waals surface area contributed by atoms with Crippen molar-refractivity contribution in [3.63, 3.8) is 0 Å². The number of sulfonamides is 1. The molecule has 0 atom stereocenters. The number of hydrogen-bond donors (Lipinski definition) is 3. The first-order chi connectivity index (χ1) is 29.7. The number of rotatable bonds is 14. The van der Waals surface area contributed by atoms with Gasteiger partial charge in [0.1, 0.15) is 22.8 Å². The first-order valence-corrected chi connectivity index (χ1v) is 23.8. The second kappa shape index (κ2) is 18.2. The van der Waals surface area contributed by atoms with Gasteiger partial charge in [-0.3, -0.25) is 19.8 Å². The van der Waals surface area contributed by atoms with E-state index in [9.17, 15) is 23.3 Å². The molecule has 14 nitrogen and oxygen atoms in total. The topological polar surface area (TPSA) is 172 Å². The Morgan fingerprint density at radius 3 is 2.63 bits per heavy atom. The molecule has 0 unspecified atom stereocenters. The van der Waals surface area contributed by atoms with Gasteiger partial charge in [0.25, 0.3) is 21.6 Å². The summed E-state index contributed by atoms with van der Waals surface area (Å²) in [5, 5.41) is 18.2. The average Bonchev–Trinajstić information content (AvgIpc) is 3.94. The summed E-state index contributed by atoms with van der Waals surface area (Å²) in [6.45, 7) is 15.2. The van der Waals surface area contributed by atoms with Crippen molar-refractivity contribution >= 4 is 60.9 Å². The largest absolute Gasteiger partial charge is 0.455 e. The number of ether oxygens (including phenoxy) is 2. The number of aromatic nitrogens is 2. The highest BCUT2D eigenvalue weighted by molar-refractivity contribution is 7.90. The summed E-state index contributed by atoms with van der Waals surface area (Å²) in [6.07, 6.45) is 8.30. The number of piperazine rings is 1. The quantitative estimate of drug-likeness (QED) is 0.0717. The molecule has 8 rings (SSSR count). The second-order valence-corrected chi connectivity index (χ2v) is 20.3. The number of nitro groups is 1. The molecule has 3 aromatic heterocycles. The molecule has 0 saturated carbocycles. The van der Waals surface area contributed by atoms with Crippen LogP contribution < -0.4 is 19.7 Å². The molecule has 16 heteroatoms. The molecule has 2 fully saturated rings. The highest BCUT2D eigenvalue weighted by atomic mass is 32.2. The highest BCUT2D eigenvalue weighted by Crippen LogP contribution is 2.46. The molecule has 0 radical (unpaired) electrons. The van der Waals surface area contributed by atoms with Crippen molar-refractivity contribution in [2.75, 3.05) is 62.7 Å². The van der Waals surface area contributed by atoms with Gasteiger partial charge in [-0.25, -0.2) is 18.1 Å². The van der Waals surface area contributed by atoms with Crippen LogP contribution in [0.15, 0.2) is 82.8 Å². The molecule has 2 aliphatic heterocycles. The minimum absolute atomic E-state index is 0.0248. The summed E-state index contributed by atoms with van der Waals surface area (Å²) in [6, 6.07) is 14.7. The molecule has 5 aromatic rings. The smallest absolute Gasteiger partial charge is 0.293 e. The van der Waals surface area contributed by atoms with E-state index in [1.54, 1.807) is 36.0 Å². The minimum atomic E-state index is -4.55. The molecule has 328 valence electrons. The van der Waals surface area contributed by atoms with Gasteiger partial charge in [0.2, 0.25) is 0 Å². The summed E-state index contributed by atoms with van der Waals surface area (Å²) in [4.78, 5) is 38.7. The molecular formula is C46H55N7O7S2. The maximum Gasteiger partial charge on any atom is 0.293 e. The number of fused-ring (bicyclic) bond motifs is 1. The van der Waals surface area contributed by atoms with E-state index in [4.69, 9.17) is 9.47 Å². The van der Waals surface area contributed by atoms with E-state index >= 15 is 0 Å². The van der Waals surface area contributed by atoms with E-state index in [-0.39, 0.29) is 28.3 Å². The molecule has 1 aliphatic carbocycles. The number of hydrogen-bond acceptors (Lipinski definition) is 12. The number of thiophene rings is 1. The lowest BCUT2D eigenvalue weighted by Crippen LogP contribution is -2.47. The van der Waals surface area contributed by atoms with Crippen molar-refractivity contribution in [3.8, 4) is 11.5 Å². The van der Waals surface area contributed by atoms with Crippen molar-refractivity contribution < 1.29 is 27.6 Å². The SMILES string of the molecule is CC(C)c1sccc1C1=C(CN2CCN(c3ccc(C(=O)NS(=O)(=O)c4ccc(NCC5CCOCC5)c([N+](=O)[O-])c4)c(Oc4cnc5[nH]ccc5c4)c3)CC2)CCC(C)(C)C1. The van der Waals surface area contributed by atoms with Crippen LogP contribution in [-0.4, -0.2) is 86.6 Å². The zero-order valence-electron chi connectivity index (χ0n) is 35.7. The maximum absolute atomic E-state index is 13.9. The lowest BCUT2D eigenvalue weighted by Gasteiger charge is -2.39. The number of amides is 1. The lowest BCUT2D eigenvalue weighted by atomic mass is 9.72. The van der Waals surface area contributed by atoms with Crippen LogP contribution in [0.1, 0.15) is 86.5 Å². The molecule has 3 aliphatic rings. The van der Waals surface area contributed by atoms with Gasteiger partial charge < -0.3 is 24.7 Å². The van der Waals surface area contributed by atoms with Gasteiger partial charge in [-0.2, -0.15) is 0 Å². The zero-order valence-corrected chi connectivity index (χ0v) is 37.4. The molecule has 2 saturated heterocycles. The fraction of sp³-hybridized carbons (Fsp3) is 0.435. The fourth-order valence-corrected chi connectivity index (χ4v) is 10.7. The number of carbonyl (C=O) groups excluding carboxylic acids is 1. The molecule has 2 aromatic carbocycles. The second-order valence-electron chi connectivity index (χ2n) is 17.7. The van der Waals surface area contributed by atoms with Crippen LogP contribution in [0.3, 0.4) is 0 Å².